The average Bonchev–Trinajstić information content (AvgIpc) is 3.23. The lowest BCUT2D eigenvalue weighted by atomic mass is 10.1. The lowest BCUT2D eigenvalue weighted by molar-refractivity contribution is -0.141. The Morgan fingerprint density at radius 2 is 2.18 bits per heavy atom. The van der Waals surface area contributed by atoms with Gasteiger partial charge in [0.05, 0.1) is 7.11 Å². The van der Waals surface area contributed by atoms with E-state index >= 15 is 0 Å². The first-order valence-electron chi connectivity index (χ1n) is 9.60. The van der Waals surface area contributed by atoms with E-state index in [9.17, 15) is 14.0 Å². The van der Waals surface area contributed by atoms with Crippen LogP contribution in [0.15, 0.2) is 18.2 Å². The van der Waals surface area contributed by atoms with Crippen molar-refractivity contribution < 1.29 is 18.7 Å². The third kappa shape index (κ3) is 2.47. The summed E-state index contributed by atoms with van der Waals surface area (Å²) in [5.74, 6) is 0.152. The fourth-order valence-electron chi connectivity index (χ4n) is 4.52. The van der Waals surface area contributed by atoms with Gasteiger partial charge in [0.25, 0.3) is 0 Å². The molecule has 8 heteroatoms. The van der Waals surface area contributed by atoms with Gasteiger partial charge in [0.2, 0.25) is 11.9 Å². The van der Waals surface area contributed by atoms with E-state index in [0.717, 1.165) is 13.0 Å². The average molecular weight is 384 g/mol. The van der Waals surface area contributed by atoms with E-state index in [1.807, 2.05) is 4.90 Å². The van der Waals surface area contributed by atoms with Crippen LogP contribution in [0.5, 0.6) is 0 Å². The van der Waals surface area contributed by atoms with Crippen LogP contribution in [0, 0.1) is 23.6 Å². The molecule has 3 fully saturated rings. The summed E-state index contributed by atoms with van der Waals surface area (Å²) >= 11 is 0. The van der Waals surface area contributed by atoms with Crippen molar-refractivity contribution in [2.75, 3.05) is 30.0 Å². The highest BCUT2D eigenvalue weighted by Crippen LogP contribution is 2.55. The lowest BCUT2D eigenvalue weighted by Crippen LogP contribution is -2.47. The van der Waals surface area contributed by atoms with E-state index in [1.165, 1.54) is 13.2 Å². The zero-order chi connectivity index (χ0) is 19.6. The molecule has 0 radical (unpaired) electrons. The first kappa shape index (κ1) is 17.3. The zero-order valence-electron chi connectivity index (χ0n) is 15.8. The lowest BCUT2D eigenvalue weighted by Gasteiger charge is -2.39. The number of nitrogens with zero attached hydrogens (tertiary/aromatic N) is 4. The van der Waals surface area contributed by atoms with Crippen molar-refractivity contribution in [2.24, 2.45) is 17.8 Å². The van der Waals surface area contributed by atoms with Crippen molar-refractivity contribution in [1.82, 2.24) is 9.97 Å². The normalized spacial score (nSPS) is 28.3. The monoisotopic (exact) mass is 384 g/mol. The van der Waals surface area contributed by atoms with Crippen LogP contribution in [-0.2, 0) is 14.3 Å². The van der Waals surface area contributed by atoms with E-state index in [-0.39, 0.29) is 41.6 Å². The molecule has 1 aliphatic carbocycles. The van der Waals surface area contributed by atoms with Gasteiger partial charge in [0.15, 0.2) is 0 Å². The molecule has 1 amide bonds. The predicted octanol–water partition coefficient (Wildman–Crippen LogP) is 2.14. The number of esters is 1. The highest BCUT2D eigenvalue weighted by molar-refractivity contribution is 6.06. The summed E-state index contributed by atoms with van der Waals surface area (Å²) in [5, 5.41) is 0.538. The standard InChI is InChI=1S/C20H21FN4O3/c1-10-6-7-24(10)20-22-17-11(4-3-5-14(17)21)18(23-20)25-9-13-12(8-15(26)28-2)16(13)19(25)27/h3-5,10,12-13,16H,6-9H2,1-2H3/t10-,12?,13?,16?/m0/s1. The molecule has 4 atom stereocenters. The van der Waals surface area contributed by atoms with Crippen molar-refractivity contribution in [2.45, 2.75) is 25.8 Å². The molecule has 3 unspecified atom stereocenters. The van der Waals surface area contributed by atoms with Crippen LogP contribution in [0.1, 0.15) is 19.8 Å². The molecule has 1 aromatic carbocycles. The topological polar surface area (TPSA) is 75.6 Å². The largest absolute Gasteiger partial charge is 0.469 e. The van der Waals surface area contributed by atoms with Crippen molar-refractivity contribution >= 4 is 34.5 Å². The smallest absolute Gasteiger partial charge is 0.305 e. The number of para-hydroxylation sites is 1. The Kier molecular flexibility index (Phi) is 3.79. The number of amides is 1. The number of halogens is 1. The fraction of sp³-hybridized carbons (Fsp3) is 0.500. The van der Waals surface area contributed by atoms with E-state index in [1.54, 1.807) is 17.0 Å². The van der Waals surface area contributed by atoms with Crippen LogP contribution in [0.2, 0.25) is 0 Å². The third-order valence-corrected chi connectivity index (χ3v) is 6.38. The molecule has 1 aromatic heterocycles. The van der Waals surface area contributed by atoms with Gasteiger partial charge in [-0.05, 0) is 37.3 Å². The number of ether oxygens (including phenoxy) is 1. The predicted molar refractivity (Wildman–Crippen MR) is 100 cm³/mol. The Morgan fingerprint density at radius 1 is 1.36 bits per heavy atom. The molecule has 0 N–H and O–H groups in total. The van der Waals surface area contributed by atoms with Gasteiger partial charge in [-0.25, -0.2) is 9.37 Å². The molecule has 3 heterocycles. The molecule has 0 spiro atoms. The number of hydrogen-bond acceptors (Lipinski definition) is 6. The van der Waals surface area contributed by atoms with Crippen LogP contribution < -0.4 is 9.80 Å². The number of carbonyl (C=O) groups is 2. The van der Waals surface area contributed by atoms with Crippen molar-refractivity contribution in [3.05, 3.63) is 24.0 Å². The van der Waals surface area contributed by atoms with Crippen LogP contribution in [0.3, 0.4) is 0 Å². The maximum absolute atomic E-state index is 14.5. The second-order valence-electron chi connectivity index (χ2n) is 7.90. The fourth-order valence-corrected chi connectivity index (χ4v) is 4.52. The minimum atomic E-state index is -0.420. The molecule has 0 bridgehead atoms. The number of benzene rings is 1. The summed E-state index contributed by atoms with van der Waals surface area (Å²) in [6.45, 7) is 3.38. The van der Waals surface area contributed by atoms with Crippen LogP contribution >= 0.6 is 0 Å². The molecule has 5 rings (SSSR count). The molecular formula is C20H21FN4O3. The van der Waals surface area contributed by atoms with Gasteiger partial charge in [-0.15, -0.1) is 0 Å². The Hall–Kier alpha value is -2.77. The Bertz CT molecular complexity index is 997. The van der Waals surface area contributed by atoms with Gasteiger partial charge in [0, 0.05) is 36.9 Å². The van der Waals surface area contributed by atoms with Crippen molar-refractivity contribution in [3.8, 4) is 0 Å². The summed E-state index contributed by atoms with van der Waals surface area (Å²) in [7, 11) is 1.36. The van der Waals surface area contributed by atoms with E-state index in [0.29, 0.717) is 29.7 Å². The second-order valence-corrected chi connectivity index (χ2v) is 7.90. The summed E-state index contributed by atoms with van der Waals surface area (Å²) in [4.78, 5) is 37.3. The SMILES string of the molecule is COC(=O)CC1C2CN(c3nc(N4CC[C@@H]4C)nc4c(F)cccc34)C(=O)C12. The number of hydrogen-bond donors (Lipinski definition) is 0. The van der Waals surface area contributed by atoms with Crippen LogP contribution in [0.25, 0.3) is 10.9 Å². The molecular weight excluding hydrogens is 363 g/mol. The molecule has 3 aliphatic rings. The Morgan fingerprint density at radius 3 is 2.79 bits per heavy atom. The van der Waals surface area contributed by atoms with Crippen LogP contribution in [0.4, 0.5) is 16.2 Å². The molecule has 7 nitrogen and oxygen atoms in total. The first-order chi connectivity index (χ1) is 13.5. The Balaban J connectivity index is 1.50. The molecule has 2 aliphatic heterocycles. The molecule has 2 aromatic rings. The van der Waals surface area contributed by atoms with Gasteiger partial charge < -0.3 is 9.64 Å². The minimum Gasteiger partial charge on any atom is -0.469 e. The number of methoxy groups -OCH3 is 1. The number of carbonyl (C=O) groups excluding carboxylic acids is 2. The maximum Gasteiger partial charge on any atom is 0.305 e. The molecule has 1 saturated carbocycles. The van der Waals surface area contributed by atoms with Gasteiger partial charge >= 0.3 is 5.97 Å². The van der Waals surface area contributed by atoms with E-state index < -0.39 is 5.82 Å². The summed E-state index contributed by atoms with van der Waals surface area (Å²) < 4.78 is 19.2. The van der Waals surface area contributed by atoms with E-state index in [2.05, 4.69) is 16.9 Å². The van der Waals surface area contributed by atoms with E-state index in [4.69, 9.17) is 4.74 Å². The number of aromatic nitrogens is 2. The van der Waals surface area contributed by atoms with Gasteiger partial charge in [-0.1, -0.05) is 6.07 Å². The number of anilines is 2. The first-order valence-corrected chi connectivity index (χ1v) is 9.60. The summed E-state index contributed by atoms with van der Waals surface area (Å²) in [6, 6.07) is 5.03. The zero-order valence-corrected chi connectivity index (χ0v) is 15.8. The highest BCUT2D eigenvalue weighted by atomic mass is 19.1. The number of fused-ring (bicyclic) bond motifs is 2. The Labute approximate surface area is 161 Å². The maximum atomic E-state index is 14.5. The van der Waals surface area contributed by atoms with Gasteiger partial charge in [-0.3, -0.25) is 14.5 Å². The highest BCUT2D eigenvalue weighted by Gasteiger charge is 2.62. The molecule has 146 valence electrons. The minimum absolute atomic E-state index is 0.0379. The van der Waals surface area contributed by atoms with Gasteiger partial charge in [-0.2, -0.15) is 4.98 Å². The number of rotatable bonds is 4. The summed E-state index contributed by atoms with van der Waals surface area (Å²) in [5.41, 5.74) is 0.237. The molecule has 28 heavy (non-hydrogen) atoms. The number of piperidine rings is 1. The quantitative estimate of drug-likeness (QED) is 0.752. The van der Waals surface area contributed by atoms with Crippen LogP contribution in [-0.4, -0.2) is 48.1 Å². The van der Waals surface area contributed by atoms with Crippen molar-refractivity contribution in [1.29, 1.82) is 0 Å². The summed E-state index contributed by atoms with van der Waals surface area (Å²) in [6.07, 6.45) is 1.30. The van der Waals surface area contributed by atoms with Crippen molar-refractivity contribution in [3.63, 3.8) is 0 Å². The molecule has 2 saturated heterocycles. The van der Waals surface area contributed by atoms with Gasteiger partial charge in [0.1, 0.15) is 17.2 Å². The third-order valence-electron chi connectivity index (χ3n) is 6.38. The second kappa shape index (κ2) is 6.12.